The Morgan fingerprint density at radius 2 is 2.29 bits per heavy atom. The lowest BCUT2D eigenvalue weighted by atomic mass is 9.90. The normalized spacial score (nSPS) is 32.0. The van der Waals surface area contributed by atoms with Crippen LogP contribution in [0.3, 0.4) is 0 Å². The molecule has 1 fully saturated rings. The van der Waals surface area contributed by atoms with E-state index in [1.807, 2.05) is 11.8 Å². The second kappa shape index (κ2) is 4.50. The Morgan fingerprint density at radius 1 is 1.41 bits per heavy atom. The summed E-state index contributed by atoms with van der Waals surface area (Å²) in [6, 6.07) is 4.64. The van der Waals surface area contributed by atoms with Crippen LogP contribution in [0.25, 0.3) is 0 Å². The summed E-state index contributed by atoms with van der Waals surface area (Å²) in [5, 5.41) is 0. The molecule has 0 aromatic heterocycles. The number of halogens is 1. The van der Waals surface area contributed by atoms with E-state index in [0.717, 1.165) is 17.7 Å². The summed E-state index contributed by atoms with van der Waals surface area (Å²) in [7, 11) is 0. The molecule has 0 radical (unpaired) electrons. The van der Waals surface area contributed by atoms with Crippen molar-refractivity contribution in [2.75, 3.05) is 11.5 Å². The van der Waals surface area contributed by atoms with Gasteiger partial charge in [0, 0.05) is 30.0 Å². The van der Waals surface area contributed by atoms with Crippen LogP contribution < -0.4 is 10.5 Å². The van der Waals surface area contributed by atoms with Crippen molar-refractivity contribution in [3.63, 3.8) is 0 Å². The maximum Gasteiger partial charge on any atom is 0.127 e. The van der Waals surface area contributed by atoms with Crippen LogP contribution in [0.2, 0.25) is 0 Å². The molecule has 2 heterocycles. The fourth-order valence-corrected chi connectivity index (χ4v) is 3.96. The Morgan fingerprint density at radius 3 is 3.06 bits per heavy atom. The fourth-order valence-electron chi connectivity index (χ4n) is 2.64. The number of hydrogen-bond acceptors (Lipinski definition) is 3. The highest BCUT2D eigenvalue weighted by Crippen LogP contribution is 2.39. The van der Waals surface area contributed by atoms with E-state index in [4.69, 9.17) is 10.5 Å². The van der Waals surface area contributed by atoms with Crippen LogP contribution >= 0.6 is 11.8 Å². The van der Waals surface area contributed by atoms with Gasteiger partial charge in [-0.15, -0.1) is 0 Å². The Labute approximate surface area is 105 Å². The van der Waals surface area contributed by atoms with Gasteiger partial charge in [-0.1, -0.05) is 6.07 Å². The average Bonchev–Trinajstić information content (AvgIpc) is 2.81. The molecule has 3 rings (SSSR count). The molecule has 0 saturated carbocycles. The zero-order chi connectivity index (χ0) is 11.8. The number of rotatable bonds is 1. The lowest BCUT2D eigenvalue weighted by Crippen LogP contribution is -2.35. The minimum absolute atomic E-state index is 0.0186. The third-order valence-electron chi connectivity index (χ3n) is 3.63. The van der Waals surface area contributed by atoms with Crippen molar-refractivity contribution in [1.29, 1.82) is 0 Å². The van der Waals surface area contributed by atoms with E-state index in [2.05, 4.69) is 0 Å². The molecule has 0 amide bonds. The van der Waals surface area contributed by atoms with E-state index in [1.165, 1.54) is 24.3 Å². The number of nitrogens with two attached hydrogens (primary N) is 1. The number of ether oxygens (including phenoxy) is 1. The Bertz CT molecular complexity index is 420. The van der Waals surface area contributed by atoms with Crippen molar-refractivity contribution in [2.45, 2.75) is 25.0 Å². The molecule has 1 saturated heterocycles. The number of fused-ring (bicyclic) bond motifs is 1. The van der Waals surface area contributed by atoms with Crippen molar-refractivity contribution in [1.82, 2.24) is 0 Å². The summed E-state index contributed by atoms with van der Waals surface area (Å²) >= 11 is 1.97. The molecule has 92 valence electrons. The molecule has 2 N–H and O–H groups in total. The summed E-state index contributed by atoms with van der Waals surface area (Å²) in [6.45, 7) is 0. The Balaban J connectivity index is 1.85. The van der Waals surface area contributed by atoms with Gasteiger partial charge in [0.15, 0.2) is 0 Å². The third-order valence-corrected chi connectivity index (χ3v) is 4.82. The quantitative estimate of drug-likeness (QED) is 0.836. The number of hydrogen-bond donors (Lipinski definition) is 1. The van der Waals surface area contributed by atoms with Crippen molar-refractivity contribution in [3.8, 4) is 5.75 Å². The second-order valence-corrected chi connectivity index (χ2v) is 5.95. The predicted octanol–water partition coefficient (Wildman–Crippen LogP) is 2.73. The molecule has 3 atom stereocenters. The summed E-state index contributed by atoms with van der Waals surface area (Å²) in [5.74, 6) is 3.31. The first-order chi connectivity index (χ1) is 8.24. The van der Waals surface area contributed by atoms with E-state index >= 15 is 0 Å². The summed E-state index contributed by atoms with van der Waals surface area (Å²) in [5.41, 5.74) is 7.08. The maximum atomic E-state index is 13.2. The molecule has 0 spiro atoms. The van der Waals surface area contributed by atoms with E-state index in [-0.39, 0.29) is 18.0 Å². The van der Waals surface area contributed by atoms with Crippen molar-refractivity contribution < 1.29 is 9.13 Å². The van der Waals surface area contributed by atoms with Crippen molar-refractivity contribution in [2.24, 2.45) is 11.7 Å². The van der Waals surface area contributed by atoms with Crippen LogP contribution in [0, 0.1) is 11.7 Å². The van der Waals surface area contributed by atoms with E-state index in [9.17, 15) is 4.39 Å². The van der Waals surface area contributed by atoms with Gasteiger partial charge < -0.3 is 10.5 Å². The van der Waals surface area contributed by atoms with Crippen molar-refractivity contribution in [3.05, 3.63) is 29.6 Å². The molecule has 4 heteroatoms. The minimum Gasteiger partial charge on any atom is -0.490 e. The highest BCUT2D eigenvalue weighted by Gasteiger charge is 2.33. The molecular formula is C13H16FNOS. The molecule has 1 aromatic rings. The molecule has 1 aromatic carbocycles. The van der Waals surface area contributed by atoms with Gasteiger partial charge in [-0.05, 0) is 24.0 Å². The molecule has 2 aliphatic heterocycles. The number of benzene rings is 1. The zero-order valence-corrected chi connectivity index (χ0v) is 10.4. The molecule has 0 aliphatic carbocycles. The smallest absolute Gasteiger partial charge is 0.127 e. The van der Waals surface area contributed by atoms with Crippen LogP contribution in [0.4, 0.5) is 4.39 Å². The Kier molecular flexibility index (Phi) is 3.01. The average molecular weight is 253 g/mol. The van der Waals surface area contributed by atoms with Gasteiger partial charge >= 0.3 is 0 Å². The van der Waals surface area contributed by atoms with Gasteiger partial charge in [0.05, 0.1) is 0 Å². The van der Waals surface area contributed by atoms with E-state index in [1.54, 1.807) is 6.07 Å². The van der Waals surface area contributed by atoms with Gasteiger partial charge in [-0.3, -0.25) is 0 Å². The first-order valence-electron chi connectivity index (χ1n) is 6.03. The van der Waals surface area contributed by atoms with Crippen LogP contribution in [0.15, 0.2) is 18.2 Å². The Hall–Kier alpha value is -0.740. The van der Waals surface area contributed by atoms with Gasteiger partial charge in [0.2, 0.25) is 0 Å². The predicted molar refractivity (Wildman–Crippen MR) is 67.8 cm³/mol. The highest BCUT2D eigenvalue weighted by atomic mass is 32.2. The van der Waals surface area contributed by atoms with Crippen LogP contribution in [0.1, 0.15) is 24.4 Å². The summed E-state index contributed by atoms with van der Waals surface area (Å²) in [4.78, 5) is 0. The highest BCUT2D eigenvalue weighted by molar-refractivity contribution is 7.99. The largest absolute Gasteiger partial charge is 0.490 e. The molecular weight excluding hydrogens is 237 g/mol. The first-order valence-corrected chi connectivity index (χ1v) is 7.19. The monoisotopic (exact) mass is 253 g/mol. The molecule has 2 unspecified atom stereocenters. The van der Waals surface area contributed by atoms with Crippen molar-refractivity contribution >= 4 is 11.8 Å². The van der Waals surface area contributed by atoms with Gasteiger partial charge in [0.1, 0.15) is 17.7 Å². The molecule has 2 nitrogen and oxygen atoms in total. The van der Waals surface area contributed by atoms with E-state index < -0.39 is 0 Å². The zero-order valence-electron chi connectivity index (χ0n) is 9.56. The standard InChI is InChI=1S/C13H16FNOS/c14-9-1-2-10-11(15)6-12(16-13(10)5-9)8-3-4-17-7-8/h1-2,5,8,11-12H,3-4,6-7,15H2/t8?,11-,12?/m1/s1. The summed E-state index contributed by atoms with van der Waals surface area (Å²) in [6.07, 6.45) is 2.20. The maximum absolute atomic E-state index is 13.2. The first kappa shape index (κ1) is 11.4. The van der Waals surface area contributed by atoms with Crippen LogP contribution in [-0.4, -0.2) is 17.6 Å². The van der Waals surface area contributed by atoms with Gasteiger partial charge in [-0.2, -0.15) is 11.8 Å². The van der Waals surface area contributed by atoms with Crippen LogP contribution in [0.5, 0.6) is 5.75 Å². The minimum atomic E-state index is -0.252. The van der Waals surface area contributed by atoms with Gasteiger partial charge in [-0.25, -0.2) is 4.39 Å². The molecule has 0 bridgehead atoms. The number of thioether (sulfide) groups is 1. The fraction of sp³-hybridized carbons (Fsp3) is 0.538. The molecule has 17 heavy (non-hydrogen) atoms. The summed E-state index contributed by atoms with van der Waals surface area (Å²) < 4.78 is 19.1. The van der Waals surface area contributed by atoms with Crippen LogP contribution in [-0.2, 0) is 0 Å². The SMILES string of the molecule is N[C@@H]1CC(C2CCSC2)Oc2cc(F)ccc21. The third kappa shape index (κ3) is 2.16. The van der Waals surface area contributed by atoms with E-state index in [0.29, 0.717) is 11.7 Å². The lowest BCUT2D eigenvalue weighted by Gasteiger charge is -2.33. The second-order valence-electron chi connectivity index (χ2n) is 4.80. The topological polar surface area (TPSA) is 35.2 Å². The lowest BCUT2D eigenvalue weighted by molar-refractivity contribution is 0.109. The molecule has 2 aliphatic rings. The van der Waals surface area contributed by atoms with Gasteiger partial charge in [0.25, 0.3) is 0 Å².